The quantitative estimate of drug-likeness (QED) is 0.357. The summed E-state index contributed by atoms with van der Waals surface area (Å²) < 4.78 is 17.3. The van der Waals surface area contributed by atoms with Crippen molar-refractivity contribution in [1.82, 2.24) is 0 Å². The maximum absolute atomic E-state index is 14.0. The van der Waals surface area contributed by atoms with Crippen LogP contribution in [0.25, 0.3) is 0 Å². The van der Waals surface area contributed by atoms with Gasteiger partial charge in [0.2, 0.25) is 5.78 Å². The number of fused-ring (bicyclic) bond motifs is 2. The number of Topliss-reactive ketones (excluding diaryl/α,β-unsaturated/α-hetero) is 1. The highest BCUT2D eigenvalue weighted by Crippen LogP contribution is 2.62. The largest absolute Gasteiger partial charge is 0.462 e. The average Bonchev–Trinajstić information content (AvgIpc) is 3.07. The summed E-state index contributed by atoms with van der Waals surface area (Å²) in [4.78, 5) is 50.5. The van der Waals surface area contributed by atoms with Gasteiger partial charge < -0.3 is 14.2 Å². The van der Waals surface area contributed by atoms with Crippen molar-refractivity contribution < 1.29 is 33.4 Å². The molecule has 0 saturated heterocycles. The summed E-state index contributed by atoms with van der Waals surface area (Å²) in [6.45, 7) is 16.0. The van der Waals surface area contributed by atoms with Gasteiger partial charge in [0.05, 0.1) is 5.92 Å². The van der Waals surface area contributed by atoms with Gasteiger partial charge in [-0.15, -0.1) is 0 Å². The van der Waals surface area contributed by atoms with Crippen LogP contribution in [0.4, 0.5) is 0 Å². The van der Waals surface area contributed by atoms with E-state index >= 15 is 0 Å². The number of ketones is 1. The first kappa shape index (κ1) is 25.2. The molecule has 33 heavy (non-hydrogen) atoms. The zero-order chi connectivity index (χ0) is 24.9. The van der Waals surface area contributed by atoms with Crippen molar-refractivity contribution in [2.45, 2.75) is 85.5 Å². The highest BCUT2D eigenvalue weighted by atomic mass is 16.6. The Bertz CT molecular complexity index is 914. The van der Waals surface area contributed by atoms with Crippen molar-refractivity contribution in [3.05, 3.63) is 23.8 Å². The van der Waals surface area contributed by atoms with Crippen molar-refractivity contribution in [2.75, 3.05) is 0 Å². The number of esters is 3. The molecular weight excluding hydrogens is 424 g/mol. The number of carbonyl (C=O) groups is 4. The van der Waals surface area contributed by atoms with Gasteiger partial charge in [0, 0.05) is 27.2 Å². The molecule has 0 amide bonds. The van der Waals surface area contributed by atoms with Crippen LogP contribution in [0.15, 0.2) is 23.8 Å². The molecule has 3 rings (SSSR count). The Hall–Kier alpha value is -2.44. The Morgan fingerprint density at radius 2 is 1.67 bits per heavy atom. The van der Waals surface area contributed by atoms with E-state index in [-0.39, 0.29) is 29.5 Å². The SMILES string of the molecule is C=C1CCC2C(C=C(C)C(=O)C3(OC(C)=O)CC(C)C(OC(C)=O)C3C1OC(C)=O)C2(C)C. The van der Waals surface area contributed by atoms with Gasteiger partial charge in [0.25, 0.3) is 0 Å². The summed E-state index contributed by atoms with van der Waals surface area (Å²) in [6, 6.07) is 0. The van der Waals surface area contributed by atoms with Gasteiger partial charge in [0.15, 0.2) is 5.60 Å². The fraction of sp³-hybridized carbons (Fsp3) is 0.692. The number of hydrogen-bond donors (Lipinski definition) is 0. The molecule has 0 heterocycles. The van der Waals surface area contributed by atoms with E-state index < -0.39 is 41.6 Å². The minimum absolute atomic E-state index is 0.0369. The monoisotopic (exact) mass is 460 g/mol. The van der Waals surface area contributed by atoms with Gasteiger partial charge in [-0.05, 0) is 54.1 Å². The lowest BCUT2D eigenvalue weighted by Gasteiger charge is -2.39. The number of hydrogen-bond acceptors (Lipinski definition) is 7. The van der Waals surface area contributed by atoms with Crippen molar-refractivity contribution in [1.29, 1.82) is 0 Å². The lowest BCUT2D eigenvalue weighted by Crippen LogP contribution is -2.55. The maximum Gasteiger partial charge on any atom is 0.303 e. The van der Waals surface area contributed by atoms with Gasteiger partial charge in [-0.25, -0.2) is 0 Å². The highest BCUT2D eigenvalue weighted by molar-refractivity contribution is 6.03. The van der Waals surface area contributed by atoms with Crippen molar-refractivity contribution >= 4 is 23.7 Å². The maximum atomic E-state index is 14.0. The molecule has 0 aliphatic heterocycles. The molecule has 2 fully saturated rings. The molecule has 7 unspecified atom stereocenters. The van der Waals surface area contributed by atoms with Gasteiger partial charge in [-0.2, -0.15) is 0 Å². The smallest absolute Gasteiger partial charge is 0.303 e. The van der Waals surface area contributed by atoms with Crippen LogP contribution in [0.1, 0.15) is 67.7 Å². The molecule has 7 heteroatoms. The fourth-order valence-corrected chi connectivity index (χ4v) is 6.22. The second-order valence-corrected chi connectivity index (χ2v) is 10.6. The molecule has 0 spiro atoms. The van der Waals surface area contributed by atoms with E-state index in [1.807, 2.05) is 13.0 Å². The third-order valence-electron chi connectivity index (χ3n) is 7.82. The molecule has 0 N–H and O–H groups in total. The molecule has 2 saturated carbocycles. The Balaban J connectivity index is 2.23. The number of rotatable bonds is 3. The van der Waals surface area contributed by atoms with E-state index in [1.165, 1.54) is 20.8 Å². The van der Waals surface area contributed by atoms with E-state index in [1.54, 1.807) is 6.92 Å². The second-order valence-electron chi connectivity index (χ2n) is 10.6. The predicted octanol–water partition coefficient (Wildman–Crippen LogP) is 3.95. The molecule has 0 bridgehead atoms. The molecule has 0 radical (unpaired) electrons. The molecule has 7 atom stereocenters. The third kappa shape index (κ3) is 4.51. The summed E-state index contributed by atoms with van der Waals surface area (Å²) in [5, 5.41) is 0. The van der Waals surface area contributed by atoms with Crippen molar-refractivity contribution in [3.63, 3.8) is 0 Å². The summed E-state index contributed by atoms with van der Waals surface area (Å²) in [5.41, 5.74) is -0.457. The van der Waals surface area contributed by atoms with E-state index in [0.29, 0.717) is 23.5 Å². The lowest BCUT2D eigenvalue weighted by molar-refractivity contribution is -0.182. The number of carbonyl (C=O) groups excluding carboxylic acids is 4. The van der Waals surface area contributed by atoms with Crippen LogP contribution in [-0.2, 0) is 33.4 Å². The molecule has 3 aliphatic rings. The third-order valence-corrected chi connectivity index (χ3v) is 7.82. The van der Waals surface area contributed by atoms with Crippen LogP contribution in [0.5, 0.6) is 0 Å². The van der Waals surface area contributed by atoms with Crippen LogP contribution < -0.4 is 0 Å². The number of allylic oxidation sites excluding steroid dienone is 1. The first-order valence-corrected chi connectivity index (χ1v) is 11.7. The number of ether oxygens (including phenoxy) is 3. The first-order chi connectivity index (χ1) is 15.2. The van der Waals surface area contributed by atoms with Crippen LogP contribution in [-0.4, -0.2) is 41.5 Å². The van der Waals surface area contributed by atoms with Crippen LogP contribution in [0.3, 0.4) is 0 Å². The van der Waals surface area contributed by atoms with Crippen molar-refractivity contribution in [2.24, 2.45) is 29.1 Å². The molecular formula is C26H36O7. The highest BCUT2D eigenvalue weighted by Gasteiger charge is 2.65. The van der Waals surface area contributed by atoms with E-state index in [9.17, 15) is 19.2 Å². The Morgan fingerprint density at radius 3 is 2.21 bits per heavy atom. The Kier molecular flexibility index (Phi) is 6.66. The molecule has 182 valence electrons. The van der Waals surface area contributed by atoms with Gasteiger partial charge in [-0.3, -0.25) is 19.2 Å². The zero-order valence-corrected chi connectivity index (χ0v) is 20.7. The van der Waals surface area contributed by atoms with Gasteiger partial charge in [0.1, 0.15) is 12.2 Å². The normalized spacial score (nSPS) is 37.6. The van der Waals surface area contributed by atoms with Crippen LogP contribution in [0.2, 0.25) is 0 Å². The molecule has 0 aromatic heterocycles. The summed E-state index contributed by atoms with van der Waals surface area (Å²) in [7, 11) is 0. The predicted molar refractivity (Wildman–Crippen MR) is 121 cm³/mol. The first-order valence-electron chi connectivity index (χ1n) is 11.7. The van der Waals surface area contributed by atoms with Crippen LogP contribution >= 0.6 is 0 Å². The topological polar surface area (TPSA) is 96.0 Å². The molecule has 3 aliphatic carbocycles. The molecule has 0 aromatic carbocycles. The van der Waals surface area contributed by atoms with Gasteiger partial charge in [-0.1, -0.05) is 33.4 Å². The summed E-state index contributed by atoms with van der Waals surface area (Å²) >= 11 is 0. The fourth-order valence-electron chi connectivity index (χ4n) is 6.22. The summed E-state index contributed by atoms with van der Waals surface area (Å²) in [5.74, 6) is -2.64. The minimum Gasteiger partial charge on any atom is -0.462 e. The van der Waals surface area contributed by atoms with E-state index in [0.717, 1.165) is 6.42 Å². The van der Waals surface area contributed by atoms with Gasteiger partial charge >= 0.3 is 17.9 Å². The lowest BCUT2D eigenvalue weighted by atomic mass is 9.76. The average molecular weight is 461 g/mol. The van der Waals surface area contributed by atoms with Crippen molar-refractivity contribution in [3.8, 4) is 0 Å². The standard InChI is InChI=1S/C26H36O7/c1-13-9-10-19-20(25(19,7)8)11-14(2)24(30)26(33-18(6)29)12-15(3)23(32-17(5)28)21(26)22(13)31-16(4)27/h11,15,19-23H,1,9-10,12H2,2-8H3. The molecule has 0 aromatic rings. The van der Waals surface area contributed by atoms with E-state index in [2.05, 4.69) is 20.4 Å². The Labute approximate surface area is 195 Å². The zero-order valence-electron chi connectivity index (χ0n) is 20.7. The molecule has 7 nitrogen and oxygen atoms in total. The summed E-state index contributed by atoms with van der Waals surface area (Å²) in [6.07, 6.45) is 1.83. The minimum atomic E-state index is -1.63. The second kappa shape index (κ2) is 8.73. The van der Waals surface area contributed by atoms with E-state index in [4.69, 9.17) is 14.2 Å². The Morgan fingerprint density at radius 1 is 1.06 bits per heavy atom. The van der Waals surface area contributed by atoms with Crippen LogP contribution in [0, 0.1) is 29.1 Å².